The summed E-state index contributed by atoms with van der Waals surface area (Å²) in [6.07, 6.45) is 7.32. The summed E-state index contributed by atoms with van der Waals surface area (Å²) in [5.41, 5.74) is 1.74. The van der Waals surface area contributed by atoms with E-state index in [0.29, 0.717) is 18.2 Å². The molecule has 3 rings (SSSR count). The topological polar surface area (TPSA) is 64.7 Å². The minimum absolute atomic E-state index is 0.0852. The largest absolute Gasteiger partial charge is 0.349 e. The molecule has 1 amide bonds. The molecule has 112 valence electrons. The van der Waals surface area contributed by atoms with Gasteiger partial charge in [0.1, 0.15) is 11.5 Å². The number of rotatable bonds is 5. The van der Waals surface area contributed by atoms with Crippen LogP contribution in [-0.2, 0) is 13.6 Å². The van der Waals surface area contributed by atoms with Crippen molar-refractivity contribution in [3.05, 3.63) is 35.7 Å². The van der Waals surface area contributed by atoms with Crippen molar-refractivity contribution in [3.8, 4) is 0 Å². The van der Waals surface area contributed by atoms with Crippen molar-refractivity contribution >= 4 is 5.91 Å². The highest BCUT2D eigenvalue weighted by atomic mass is 16.2. The van der Waals surface area contributed by atoms with Crippen molar-refractivity contribution in [1.82, 2.24) is 24.6 Å². The van der Waals surface area contributed by atoms with E-state index < -0.39 is 0 Å². The van der Waals surface area contributed by atoms with Gasteiger partial charge in [0, 0.05) is 44.1 Å². The van der Waals surface area contributed by atoms with Crippen molar-refractivity contribution < 1.29 is 4.79 Å². The highest BCUT2D eigenvalue weighted by Gasteiger charge is 2.24. The fourth-order valence-corrected chi connectivity index (χ4v) is 2.73. The zero-order chi connectivity index (χ0) is 14.8. The molecule has 1 aliphatic rings. The summed E-state index contributed by atoms with van der Waals surface area (Å²) in [5.74, 6) is 1.69. The summed E-state index contributed by atoms with van der Waals surface area (Å²) in [6.45, 7) is 3.43. The number of carbonyl (C=O) groups excluding carboxylic acids is 1. The molecule has 1 saturated carbocycles. The molecule has 0 atom stereocenters. The Bertz CT molecular complexity index is 638. The van der Waals surface area contributed by atoms with Crippen LogP contribution in [0.2, 0.25) is 0 Å². The molecule has 0 aliphatic heterocycles. The van der Waals surface area contributed by atoms with Crippen LogP contribution in [0.1, 0.15) is 47.2 Å². The van der Waals surface area contributed by atoms with Gasteiger partial charge in [-0.25, -0.2) is 4.98 Å². The van der Waals surface area contributed by atoms with Gasteiger partial charge in [-0.05, 0) is 25.8 Å². The maximum Gasteiger partial charge on any atom is 0.269 e. The van der Waals surface area contributed by atoms with Gasteiger partial charge in [-0.15, -0.1) is 0 Å². The average Bonchev–Trinajstić information content (AvgIpc) is 2.96. The summed E-state index contributed by atoms with van der Waals surface area (Å²) < 4.78 is 3.81. The molecule has 6 heteroatoms. The molecule has 0 bridgehead atoms. The first-order chi connectivity index (χ1) is 10.2. The zero-order valence-electron chi connectivity index (χ0n) is 12.5. The van der Waals surface area contributed by atoms with Gasteiger partial charge in [0.05, 0.1) is 0 Å². The Morgan fingerprint density at radius 3 is 2.90 bits per heavy atom. The molecule has 1 aliphatic carbocycles. The lowest BCUT2D eigenvalue weighted by atomic mass is 9.85. The lowest BCUT2D eigenvalue weighted by Crippen LogP contribution is -2.30. The Morgan fingerprint density at radius 2 is 2.29 bits per heavy atom. The smallest absolute Gasteiger partial charge is 0.269 e. The maximum absolute atomic E-state index is 12.0. The second kappa shape index (κ2) is 5.71. The second-order valence-corrected chi connectivity index (χ2v) is 5.63. The van der Waals surface area contributed by atoms with E-state index in [0.717, 1.165) is 12.2 Å². The number of imidazole rings is 1. The van der Waals surface area contributed by atoms with E-state index >= 15 is 0 Å². The van der Waals surface area contributed by atoms with Gasteiger partial charge in [0.2, 0.25) is 0 Å². The van der Waals surface area contributed by atoms with Crippen molar-refractivity contribution in [2.24, 2.45) is 7.05 Å². The molecule has 6 nitrogen and oxygen atoms in total. The minimum Gasteiger partial charge on any atom is -0.349 e. The van der Waals surface area contributed by atoms with Gasteiger partial charge in [0.25, 0.3) is 5.91 Å². The van der Waals surface area contributed by atoms with Gasteiger partial charge in [0.15, 0.2) is 0 Å². The van der Waals surface area contributed by atoms with Gasteiger partial charge in [-0.1, -0.05) is 6.42 Å². The van der Waals surface area contributed by atoms with Gasteiger partial charge >= 0.3 is 0 Å². The van der Waals surface area contributed by atoms with E-state index in [9.17, 15) is 4.79 Å². The van der Waals surface area contributed by atoms with Crippen LogP contribution in [0.25, 0.3) is 0 Å². The van der Waals surface area contributed by atoms with Crippen LogP contribution in [0, 0.1) is 6.92 Å². The summed E-state index contributed by atoms with van der Waals surface area (Å²) in [4.78, 5) is 16.6. The number of nitrogens with zero attached hydrogens (tertiary/aromatic N) is 4. The lowest BCUT2D eigenvalue weighted by Gasteiger charge is -2.26. The summed E-state index contributed by atoms with van der Waals surface area (Å²) in [6, 6.07) is 1.72. The number of carbonyl (C=O) groups is 1. The third-order valence-corrected chi connectivity index (χ3v) is 4.23. The van der Waals surface area contributed by atoms with Crippen molar-refractivity contribution in [2.45, 2.75) is 38.6 Å². The van der Waals surface area contributed by atoms with Crippen LogP contribution in [0.15, 0.2) is 18.5 Å². The van der Waals surface area contributed by atoms with Crippen LogP contribution in [-0.4, -0.2) is 31.8 Å². The summed E-state index contributed by atoms with van der Waals surface area (Å²) in [7, 11) is 1.77. The van der Waals surface area contributed by atoms with E-state index in [2.05, 4.69) is 26.9 Å². The van der Waals surface area contributed by atoms with Crippen molar-refractivity contribution in [3.63, 3.8) is 0 Å². The Balaban J connectivity index is 1.59. The second-order valence-electron chi connectivity index (χ2n) is 5.63. The monoisotopic (exact) mass is 287 g/mol. The number of hydrogen-bond acceptors (Lipinski definition) is 3. The maximum atomic E-state index is 12.0. The molecule has 0 saturated heterocycles. The number of amides is 1. The fraction of sp³-hybridized carbons (Fsp3) is 0.533. The molecule has 1 fully saturated rings. The fourth-order valence-electron chi connectivity index (χ4n) is 2.73. The highest BCUT2D eigenvalue weighted by molar-refractivity contribution is 5.92. The lowest BCUT2D eigenvalue weighted by molar-refractivity contribution is 0.0942. The Hall–Kier alpha value is -2.11. The van der Waals surface area contributed by atoms with E-state index in [1.807, 2.05) is 6.20 Å². The summed E-state index contributed by atoms with van der Waals surface area (Å²) >= 11 is 0. The number of aromatic nitrogens is 4. The third kappa shape index (κ3) is 2.70. The first kappa shape index (κ1) is 13.9. The summed E-state index contributed by atoms with van der Waals surface area (Å²) in [5, 5.41) is 6.95. The molecule has 0 radical (unpaired) electrons. The van der Waals surface area contributed by atoms with Gasteiger partial charge in [-0.3, -0.25) is 9.48 Å². The molecule has 0 aromatic carbocycles. The predicted octanol–water partition coefficient (Wildman–Crippen LogP) is 1.62. The molecule has 0 unspecified atom stereocenters. The number of aryl methyl sites for hydroxylation is 2. The van der Waals surface area contributed by atoms with Crippen LogP contribution in [0.3, 0.4) is 0 Å². The number of nitrogens with one attached hydrogen (secondary N) is 1. The SMILES string of the molecule is Cc1cnc(C2CCC2)n1CCNC(=O)c1ccnn1C. The van der Waals surface area contributed by atoms with E-state index in [1.165, 1.54) is 25.1 Å². The van der Waals surface area contributed by atoms with Crippen LogP contribution < -0.4 is 5.32 Å². The Kier molecular flexibility index (Phi) is 3.77. The molecular formula is C15H21N5O. The first-order valence-corrected chi connectivity index (χ1v) is 7.45. The van der Waals surface area contributed by atoms with Crippen LogP contribution >= 0.6 is 0 Å². The quantitative estimate of drug-likeness (QED) is 0.909. The van der Waals surface area contributed by atoms with E-state index in [-0.39, 0.29) is 5.91 Å². The van der Waals surface area contributed by atoms with Crippen LogP contribution in [0.5, 0.6) is 0 Å². The molecule has 21 heavy (non-hydrogen) atoms. The Labute approximate surface area is 124 Å². The molecule has 2 aromatic rings. The van der Waals surface area contributed by atoms with Gasteiger partial charge < -0.3 is 9.88 Å². The minimum atomic E-state index is -0.0852. The molecular weight excluding hydrogens is 266 g/mol. The normalized spacial score (nSPS) is 15.0. The molecule has 2 aromatic heterocycles. The standard InChI is InChI=1S/C15H21N5O/c1-11-10-17-14(12-4-3-5-12)20(11)9-8-16-15(21)13-6-7-18-19(13)2/h6-7,10,12H,3-5,8-9H2,1-2H3,(H,16,21). The average molecular weight is 287 g/mol. The van der Waals surface area contributed by atoms with Crippen molar-refractivity contribution in [1.29, 1.82) is 0 Å². The number of hydrogen-bond donors (Lipinski definition) is 1. The molecule has 1 N–H and O–H groups in total. The molecule has 0 spiro atoms. The first-order valence-electron chi connectivity index (χ1n) is 7.45. The van der Waals surface area contributed by atoms with Crippen LogP contribution in [0.4, 0.5) is 0 Å². The Morgan fingerprint density at radius 1 is 1.48 bits per heavy atom. The van der Waals surface area contributed by atoms with E-state index in [1.54, 1.807) is 24.0 Å². The van der Waals surface area contributed by atoms with E-state index in [4.69, 9.17) is 0 Å². The molecule has 2 heterocycles. The van der Waals surface area contributed by atoms with Gasteiger partial charge in [-0.2, -0.15) is 5.10 Å². The zero-order valence-corrected chi connectivity index (χ0v) is 12.5. The van der Waals surface area contributed by atoms with Crippen molar-refractivity contribution in [2.75, 3.05) is 6.54 Å². The highest BCUT2D eigenvalue weighted by Crippen LogP contribution is 2.35. The predicted molar refractivity (Wildman–Crippen MR) is 79.1 cm³/mol. The third-order valence-electron chi connectivity index (χ3n) is 4.23.